The third kappa shape index (κ3) is 3.91. The largest absolute Gasteiger partial charge is 0.478 e. The number of para-hydroxylation sites is 1. The van der Waals surface area contributed by atoms with Gasteiger partial charge in [-0.15, -0.1) is 0 Å². The topological polar surface area (TPSA) is 86.7 Å². The Morgan fingerprint density at radius 3 is 2.62 bits per heavy atom. The van der Waals surface area contributed by atoms with Gasteiger partial charge in [0.15, 0.2) is 0 Å². The molecule has 6 nitrogen and oxygen atoms in total. The molecule has 0 aromatic heterocycles. The molecule has 2 aromatic carbocycles. The maximum absolute atomic E-state index is 12.4. The molecule has 0 aliphatic carbocycles. The van der Waals surface area contributed by atoms with Crippen molar-refractivity contribution >= 4 is 23.5 Å². The molecule has 0 unspecified atom stereocenters. The van der Waals surface area contributed by atoms with Crippen molar-refractivity contribution in [2.75, 3.05) is 18.0 Å². The second kappa shape index (κ2) is 7.82. The van der Waals surface area contributed by atoms with Gasteiger partial charge in [-0.25, -0.2) is 4.79 Å². The van der Waals surface area contributed by atoms with Crippen LogP contribution in [0, 0.1) is 0 Å². The van der Waals surface area contributed by atoms with Crippen molar-refractivity contribution in [1.82, 2.24) is 5.32 Å². The van der Waals surface area contributed by atoms with E-state index in [0.29, 0.717) is 31.5 Å². The maximum atomic E-state index is 12.4. The monoisotopic (exact) mass is 352 g/mol. The van der Waals surface area contributed by atoms with Crippen molar-refractivity contribution in [2.24, 2.45) is 0 Å². The van der Waals surface area contributed by atoms with Gasteiger partial charge >= 0.3 is 5.97 Å². The van der Waals surface area contributed by atoms with E-state index in [0.717, 1.165) is 12.1 Å². The Morgan fingerprint density at radius 2 is 1.81 bits per heavy atom. The molecule has 2 N–H and O–H groups in total. The zero-order valence-electron chi connectivity index (χ0n) is 14.3. The Balaban J connectivity index is 1.47. The Bertz CT molecular complexity index is 847. The standard InChI is InChI=1S/C20H20N2O4/c23-18(22-12-10-14-5-1-2-8-17(14)22)9-4-11-21-19(24)15-6-3-7-16(13-15)20(25)26/h1-3,5-8,13H,4,9-12H2,(H,21,24)(H,25,26). The van der Waals surface area contributed by atoms with E-state index in [4.69, 9.17) is 5.11 Å². The van der Waals surface area contributed by atoms with Crippen LogP contribution in [0.3, 0.4) is 0 Å². The van der Waals surface area contributed by atoms with Crippen molar-refractivity contribution < 1.29 is 19.5 Å². The summed E-state index contributed by atoms with van der Waals surface area (Å²) in [7, 11) is 0. The van der Waals surface area contributed by atoms with E-state index in [1.54, 1.807) is 11.0 Å². The van der Waals surface area contributed by atoms with Gasteiger partial charge in [0.2, 0.25) is 5.91 Å². The summed E-state index contributed by atoms with van der Waals surface area (Å²) in [5.74, 6) is -1.36. The normalized spacial score (nSPS) is 12.5. The lowest BCUT2D eigenvalue weighted by Crippen LogP contribution is -2.30. The quantitative estimate of drug-likeness (QED) is 0.782. The lowest BCUT2D eigenvalue weighted by Gasteiger charge is -2.17. The smallest absolute Gasteiger partial charge is 0.335 e. The minimum atomic E-state index is -1.07. The number of nitrogens with zero attached hydrogens (tertiary/aromatic N) is 1. The highest BCUT2D eigenvalue weighted by molar-refractivity contribution is 5.97. The second-order valence-corrected chi connectivity index (χ2v) is 6.17. The molecule has 0 saturated carbocycles. The fraction of sp³-hybridized carbons (Fsp3) is 0.250. The molecule has 1 aliphatic heterocycles. The zero-order chi connectivity index (χ0) is 18.5. The van der Waals surface area contributed by atoms with Crippen molar-refractivity contribution in [3.05, 3.63) is 65.2 Å². The van der Waals surface area contributed by atoms with Crippen LogP contribution in [0.4, 0.5) is 5.69 Å². The second-order valence-electron chi connectivity index (χ2n) is 6.17. The van der Waals surface area contributed by atoms with E-state index < -0.39 is 5.97 Å². The molecule has 0 radical (unpaired) electrons. The number of carbonyl (C=O) groups is 3. The first kappa shape index (κ1) is 17.7. The first-order valence-electron chi connectivity index (χ1n) is 8.56. The Kier molecular flexibility index (Phi) is 5.31. The van der Waals surface area contributed by atoms with Crippen LogP contribution in [0.5, 0.6) is 0 Å². The van der Waals surface area contributed by atoms with E-state index in [2.05, 4.69) is 5.32 Å². The van der Waals surface area contributed by atoms with Crippen LogP contribution in [-0.2, 0) is 11.2 Å². The fourth-order valence-electron chi connectivity index (χ4n) is 3.07. The Hall–Kier alpha value is -3.15. The van der Waals surface area contributed by atoms with E-state index in [-0.39, 0.29) is 17.4 Å². The maximum Gasteiger partial charge on any atom is 0.335 e. The highest BCUT2D eigenvalue weighted by Crippen LogP contribution is 2.27. The van der Waals surface area contributed by atoms with Gasteiger partial charge in [-0.3, -0.25) is 9.59 Å². The molecule has 0 bridgehead atoms. The minimum Gasteiger partial charge on any atom is -0.478 e. The number of amides is 2. The van der Waals surface area contributed by atoms with Crippen LogP contribution < -0.4 is 10.2 Å². The number of carboxylic acid groups (broad SMARTS) is 1. The van der Waals surface area contributed by atoms with Crippen LogP contribution in [0.2, 0.25) is 0 Å². The van der Waals surface area contributed by atoms with Crippen LogP contribution >= 0.6 is 0 Å². The summed E-state index contributed by atoms with van der Waals surface area (Å²) in [6.07, 6.45) is 1.75. The first-order chi connectivity index (χ1) is 12.6. The summed E-state index contributed by atoms with van der Waals surface area (Å²) < 4.78 is 0. The first-order valence-corrected chi connectivity index (χ1v) is 8.56. The minimum absolute atomic E-state index is 0.0528. The van der Waals surface area contributed by atoms with E-state index in [1.807, 2.05) is 24.3 Å². The predicted molar refractivity (Wildman–Crippen MR) is 97.5 cm³/mol. The zero-order valence-corrected chi connectivity index (χ0v) is 14.3. The number of aromatic carboxylic acids is 1. The highest BCUT2D eigenvalue weighted by atomic mass is 16.4. The summed E-state index contributed by atoms with van der Waals surface area (Å²) in [6, 6.07) is 13.8. The summed E-state index contributed by atoms with van der Waals surface area (Å²) >= 11 is 0. The van der Waals surface area contributed by atoms with Gasteiger partial charge in [0.1, 0.15) is 0 Å². The Labute approximate surface area is 151 Å². The van der Waals surface area contributed by atoms with Gasteiger partial charge in [0, 0.05) is 30.8 Å². The predicted octanol–water partition coefficient (Wildman–Crippen LogP) is 2.48. The number of rotatable bonds is 6. The Morgan fingerprint density at radius 1 is 1.04 bits per heavy atom. The van der Waals surface area contributed by atoms with Crippen molar-refractivity contribution in [1.29, 1.82) is 0 Å². The summed E-state index contributed by atoms with van der Waals surface area (Å²) in [4.78, 5) is 37.2. The summed E-state index contributed by atoms with van der Waals surface area (Å²) in [5.41, 5.74) is 2.53. The molecule has 1 heterocycles. The molecule has 0 saturated heterocycles. The molecule has 134 valence electrons. The molecule has 1 aliphatic rings. The third-order valence-electron chi connectivity index (χ3n) is 4.41. The number of hydrogen-bond donors (Lipinski definition) is 2. The molecule has 2 amide bonds. The number of benzene rings is 2. The van der Waals surface area contributed by atoms with Gasteiger partial charge in [0.05, 0.1) is 5.56 Å². The number of anilines is 1. The number of hydrogen-bond acceptors (Lipinski definition) is 3. The van der Waals surface area contributed by atoms with Crippen LogP contribution in [-0.4, -0.2) is 36.0 Å². The van der Waals surface area contributed by atoms with Crippen molar-refractivity contribution in [3.63, 3.8) is 0 Å². The van der Waals surface area contributed by atoms with E-state index in [1.165, 1.54) is 23.8 Å². The summed E-state index contributed by atoms with van der Waals surface area (Å²) in [6.45, 7) is 1.06. The van der Waals surface area contributed by atoms with E-state index >= 15 is 0 Å². The molecule has 6 heteroatoms. The lowest BCUT2D eigenvalue weighted by molar-refractivity contribution is -0.118. The fourth-order valence-corrected chi connectivity index (χ4v) is 3.07. The number of carbonyl (C=O) groups excluding carboxylic acids is 2. The van der Waals surface area contributed by atoms with Crippen LogP contribution in [0.25, 0.3) is 0 Å². The number of nitrogens with one attached hydrogen (secondary N) is 1. The molecule has 26 heavy (non-hydrogen) atoms. The summed E-state index contributed by atoms with van der Waals surface area (Å²) in [5, 5.41) is 11.7. The molecule has 0 atom stereocenters. The third-order valence-corrected chi connectivity index (χ3v) is 4.41. The SMILES string of the molecule is O=C(O)c1cccc(C(=O)NCCCC(=O)N2CCc3ccccc32)c1. The molecular formula is C20H20N2O4. The highest BCUT2D eigenvalue weighted by Gasteiger charge is 2.23. The molecule has 0 fully saturated rings. The molecule has 3 rings (SSSR count). The van der Waals surface area contributed by atoms with Gasteiger partial charge in [-0.05, 0) is 42.7 Å². The molecule has 2 aromatic rings. The number of carboxylic acids is 1. The average molecular weight is 352 g/mol. The van der Waals surface area contributed by atoms with Gasteiger partial charge in [-0.2, -0.15) is 0 Å². The van der Waals surface area contributed by atoms with Crippen molar-refractivity contribution in [3.8, 4) is 0 Å². The van der Waals surface area contributed by atoms with Crippen LogP contribution in [0.15, 0.2) is 48.5 Å². The van der Waals surface area contributed by atoms with Gasteiger partial charge in [-0.1, -0.05) is 24.3 Å². The van der Waals surface area contributed by atoms with Crippen LogP contribution in [0.1, 0.15) is 39.1 Å². The molecule has 0 spiro atoms. The lowest BCUT2D eigenvalue weighted by atomic mass is 10.1. The van der Waals surface area contributed by atoms with Crippen molar-refractivity contribution in [2.45, 2.75) is 19.3 Å². The van der Waals surface area contributed by atoms with E-state index in [9.17, 15) is 14.4 Å². The number of fused-ring (bicyclic) bond motifs is 1. The van der Waals surface area contributed by atoms with Gasteiger partial charge in [0.25, 0.3) is 5.91 Å². The molecular weight excluding hydrogens is 332 g/mol. The van der Waals surface area contributed by atoms with Gasteiger partial charge < -0.3 is 15.3 Å². The average Bonchev–Trinajstić information content (AvgIpc) is 3.09.